The summed E-state index contributed by atoms with van der Waals surface area (Å²) in [4.78, 5) is 14.9. The molecule has 0 spiro atoms. The maximum absolute atomic E-state index is 10.7. The molecule has 1 amide bonds. The fourth-order valence-electron chi connectivity index (χ4n) is 1.66. The number of hydrogen-bond donors (Lipinski definition) is 2. The van der Waals surface area contributed by atoms with Gasteiger partial charge in [0.2, 0.25) is 5.88 Å². The van der Waals surface area contributed by atoms with Crippen molar-refractivity contribution in [3.63, 3.8) is 0 Å². The van der Waals surface area contributed by atoms with Gasteiger partial charge in [0.05, 0.1) is 19.9 Å². The third-order valence-corrected chi connectivity index (χ3v) is 2.93. The lowest BCUT2D eigenvalue weighted by atomic mass is 10.1. The van der Waals surface area contributed by atoms with E-state index in [0.717, 1.165) is 0 Å². The van der Waals surface area contributed by atoms with Crippen LogP contribution in [0.1, 0.15) is 19.0 Å². The minimum atomic E-state index is -1.06. The number of hydrogen-bond acceptors (Lipinski definition) is 4. The van der Waals surface area contributed by atoms with E-state index in [1.807, 2.05) is 6.92 Å². The lowest BCUT2D eigenvalue weighted by Gasteiger charge is -2.17. The number of pyridine rings is 1. The lowest BCUT2D eigenvalue weighted by Crippen LogP contribution is -2.35. The molecule has 0 aliphatic carbocycles. The molecular weight excluding hydrogens is 272 g/mol. The van der Waals surface area contributed by atoms with Crippen molar-refractivity contribution < 1.29 is 19.4 Å². The summed E-state index contributed by atoms with van der Waals surface area (Å²) in [5.41, 5.74) is 0.601. The number of nitrogens with one attached hydrogen (secondary N) is 1. The Bertz CT molecular complexity index is 454. The predicted molar refractivity (Wildman–Crippen MR) is 71.3 cm³/mol. The molecule has 0 fully saturated rings. The zero-order chi connectivity index (χ0) is 14.4. The van der Waals surface area contributed by atoms with Gasteiger partial charge < -0.3 is 19.9 Å². The zero-order valence-electron chi connectivity index (χ0n) is 11.1. The Balaban J connectivity index is 3.00. The minimum absolute atomic E-state index is 0.246. The third kappa shape index (κ3) is 4.17. The highest BCUT2D eigenvalue weighted by Gasteiger charge is 2.17. The predicted octanol–water partition coefficient (Wildman–Crippen LogP) is 2.34. The highest BCUT2D eigenvalue weighted by atomic mass is 35.5. The SMILES string of the molecule is CCC(Cc1nc(OC)c(Cl)cc1OC)NC(=O)O. The van der Waals surface area contributed by atoms with Gasteiger partial charge in [0.25, 0.3) is 0 Å². The average molecular weight is 289 g/mol. The van der Waals surface area contributed by atoms with E-state index >= 15 is 0 Å². The molecule has 0 aliphatic rings. The van der Waals surface area contributed by atoms with Crippen LogP contribution in [-0.2, 0) is 6.42 Å². The first-order valence-corrected chi connectivity index (χ1v) is 6.16. The smallest absolute Gasteiger partial charge is 0.404 e. The van der Waals surface area contributed by atoms with Crippen LogP contribution in [0.15, 0.2) is 6.07 Å². The summed E-state index contributed by atoms with van der Waals surface area (Å²) in [7, 11) is 2.98. The fraction of sp³-hybridized carbons (Fsp3) is 0.500. The topological polar surface area (TPSA) is 80.7 Å². The Labute approximate surface area is 116 Å². The Hall–Kier alpha value is -1.69. The second kappa shape index (κ2) is 7.04. The van der Waals surface area contributed by atoms with Crippen LogP contribution >= 0.6 is 11.6 Å². The number of methoxy groups -OCH3 is 2. The molecule has 1 rings (SSSR count). The van der Waals surface area contributed by atoms with Gasteiger partial charge in [0, 0.05) is 18.5 Å². The molecule has 2 N–H and O–H groups in total. The van der Waals surface area contributed by atoms with Gasteiger partial charge in [-0.1, -0.05) is 18.5 Å². The molecule has 1 aromatic rings. The summed E-state index contributed by atoms with van der Waals surface area (Å²) >= 11 is 5.96. The molecule has 1 unspecified atom stereocenters. The maximum Gasteiger partial charge on any atom is 0.404 e. The van der Waals surface area contributed by atoms with Crippen LogP contribution in [0.3, 0.4) is 0 Å². The summed E-state index contributed by atoms with van der Waals surface area (Å²) in [6, 6.07) is 1.36. The average Bonchev–Trinajstić information content (AvgIpc) is 2.38. The van der Waals surface area contributed by atoms with E-state index in [4.69, 9.17) is 26.2 Å². The van der Waals surface area contributed by atoms with Crippen molar-refractivity contribution in [2.24, 2.45) is 0 Å². The van der Waals surface area contributed by atoms with Gasteiger partial charge in [0.15, 0.2) is 0 Å². The Morgan fingerprint density at radius 2 is 2.21 bits per heavy atom. The largest absolute Gasteiger partial charge is 0.495 e. The van der Waals surface area contributed by atoms with Crippen molar-refractivity contribution in [2.45, 2.75) is 25.8 Å². The molecule has 0 saturated heterocycles. The highest BCUT2D eigenvalue weighted by molar-refractivity contribution is 6.32. The molecule has 1 aromatic heterocycles. The van der Waals surface area contributed by atoms with Crippen LogP contribution in [0.5, 0.6) is 11.6 Å². The van der Waals surface area contributed by atoms with Crippen molar-refractivity contribution in [3.05, 3.63) is 16.8 Å². The first kappa shape index (κ1) is 15.4. The molecule has 0 radical (unpaired) electrons. The van der Waals surface area contributed by atoms with Crippen molar-refractivity contribution in [2.75, 3.05) is 14.2 Å². The van der Waals surface area contributed by atoms with Crippen LogP contribution < -0.4 is 14.8 Å². The molecule has 106 valence electrons. The van der Waals surface area contributed by atoms with Gasteiger partial charge in [-0.3, -0.25) is 0 Å². The van der Waals surface area contributed by atoms with E-state index < -0.39 is 6.09 Å². The molecular formula is C12H17ClN2O4. The van der Waals surface area contributed by atoms with E-state index in [1.165, 1.54) is 14.2 Å². The number of carboxylic acid groups (broad SMARTS) is 1. The number of nitrogens with zero attached hydrogens (tertiary/aromatic N) is 1. The van der Waals surface area contributed by atoms with Crippen LogP contribution in [0.25, 0.3) is 0 Å². The quantitative estimate of drug-likeness (QED) is 0.840. The van der Waals surface area contributed by atoms with Crippen LogP contribution in [0.2, 0.25) is 5.02 Å². The van der Waals surface area contributed by atoms with Gasteiger partial charge in [0.1, 0.15) is 10.8 Å². The van der Waals surface area contributed by atoms with Crippen molar-refractivity contribution >= 4 is 17.7 Å². The van der Waals surface area contributed by atoms with Gasteiger partial charge in [-0.05, 0) is 6.42 Å². The molecule has 0 aliphatic heterocycles. The van der Waals surface area contributed by atoms with E-state index in [0.29, 0.717) is 35.2 Å². The van der Waals surface area contributed by atoms with Crippen molar-refractivity contribution in [1.29, 1.82) is 0 Å². The monoisotopic (exact) mass is 288 g/mol. The normalized spacial score (nSPS) is 11.8. The van der Waals surface area contributed by atoms with E-state index in [2.05, 4.69) is 10.3 Å². The van der Waals surface area contributed by atoms with Crippen LogP contribution in [0.4, 0.5) is 4.79 Å². The number of aromatic nitrogens is 1. The van der Waals surface area contributed by atoms with Crippen molar-refractivity contribution in [1.82, 2.24) is 10.3 Å². The summed E-state index contributed by atoms with van der Waals surface area (Å²) < 4.78 is 10.2. The molecule has 7 heteroatoms. The highest BCUT2D eigenvalue weighted by Crippen LogP contribution is 2.29. The first-order valence-electron chi connectivity index (χ1n) is 5.78. The Kier molecular flexibility index (Phi) is 5.69. The number of amides is 1. The van der Waals surface area contributed by atoms with Gasteiger partial charge in [-0.2, -0.15) is 0 Å². The lowest BCUT2D eigenvalue weighted by molar-refractivity contribution is 0.189. The number of rotatable bonds is 6. The summed E-state index contributed by atoms with van der Waals surface area (Å²) in [5.74, 6) is 0.805. The van der Waals surface area contributed by atoms with E-state index in [1.54, 1.807) is 6.07 Å². The van der Waals surface area contributed by atoms with Gasteiger partial charge in [-0.25, -0.2) is 9.78 Å². The second-order valence-electron chi connectivity index (χ2n) is 3.89. The summed E-state index contributed by atoms with van der Waals surface area (Å²) in [5, 5.41) is 11.5. The molecule has 0 bridgehead atoms. The third-order valence-electron chi connectivity index (χ3n) is 2.66. The molecule has 1 heterocycles. The standard InChI is InChI=1S/C12H17ClN2O4/c1-4-7(14-12(16)17)5-9-10(18-2)6-8(13)11(15-9)19-3/h6-7,14H,4-5H2,1-3H3,(H,16,17). The Morgan fingerprint density at radius 3 is 2.68 bits per heavy atom. The molecule has 6 nitrogen and oxygen atoms in total. The van der Waals surface area contributed by atoms with E-state index in [9.17, 15) is 4.79 Å². The maximum atomic E-state index is 10.7. The van der Waals surface area contributed by atoms with Gasteiger partial charge in [-0.15, -0.1) is 0 Å². The molecule has 19 heavy (non-hydrogen) atoms. The summed E-state index contributed by atoms with van der Waals surface area (Å²) in [6.07, 6.45) is -0.0200. The summed E-state index contributed by atoms with van der Waals surface area (Å²) in [6.45, 7) is 1.89. The van der Waals surface area contributed by atoms with Crippen LogP contribution in [-0.4, -0.2) is 36.4 Å². The fourth-order valence-corrected chi connectivity index (χ4v) is 1.88. The Morgan fingerprint density at radius 1 is 1.53 bits per heavy atom. The number of ether oxygens (including phenoxy) is 2. The second-order valence-corrected chi connectivity index (χ2v) is 4.29. The van der Waals surface area contributed by atoms with E-state index in [-0.39, 0.29) is 6.04 Å². The van der Waals surface area contributed by atoms with Gasteiger partial charge >= 0.3 is 6.09 Å². The van der Waals surface area contributed by atoms with Crippen molar-refractivity contribution in [3.8, 4) is 11.6 Å². The number of carbonyl (C=O) groups is 1. The number of halogens is 1. The van der Waals surface area contributed by atoms with Crippen LogP contribution in [0, 0.1) is 0 Å². The molecule has 1 atom stereocenters. The first-order chi connectivity index (χ1) is 9.01. The molecule has 0 saturated carbocycles. The minimum Gasteiger partial charge on any atom is -0.495 e. The molecule has 0 aromatic carbocycles. The zero-order valence-corrected chi connectivity index (χ0v) is 11.8.